The minimum Gasteiger partial charge on any atom is -0.283 e. The van der Waals surface area contributed by atoms with Crippen LogP contribution in [0.2, 0.25) is 5.02 Å². The van der Waals surface area contributed by atoms with Gasteiger partial charge in [0.25, 0.3) is 0 Å². The summed E-state index contributed by atoms with van der Waals surface area (Å²) in [5.74, 6) is 1.01. The van der Waals surface area contributed by atoms with Crippen LogP contribution < -0.4 is 0 Å². The Hall–Kier alpha value is -0.470. The number of hydrogen-bond donors (Lipinski definition) is 0. The maximum Gasteiger partial charge on any atom is 0.0679 e. The highest BCUT2D eigenvalue weighted by atomic mass is 35.5. The van der Waals surface area contributed by atoms with Crippen LogP contribution in [0.5, 0.6) is 0 Å². The van der Waals surface area contributed by atoms with Crippen molar-refractivity contribution < 1.29 is 0 Å². The molecule has 0 aliphatic carbocycles. The standard InChI is InChI=1S/C12H14ClNS/c13-11-6-4-10(5-7-11)9-15-12-3-1-2-8-14-12/h4-7H,1-3,8-9H2. The van der Waals surface area contributed by atoms with Crippen LogP contribution in [0.1, 0.15) is 24.8 Å². The zero-order valence-corrected chi connectivity index (χ0v) is 10.2. The number of aliphatic imine (C=N–C) groups is 1. The summed E-state index contributed by atoms with van der Waals surface area (Å²) in [5.41, 5.74) is 1.32. The van der Waals surface area contributed by atoms with E-state index >= 15 is 0 Å². The van der Waals surface area contributed by atoms with E-state index in [4.69, 9.17) is 11.6 Å². The first-order chi connectivity index (χ1) is 7.34. The first-order valence-corrected chi connectivity index (χ1v) is 6.61. The largest absolute Gasteiger partial charge is 0.283 e. The number of halogens is 1. The molecule has 0 amide bonds. The summed E-state index contributed by atoms with van der Waals surface area (Å²) in [5, 5.41) is 2.12. The molecule has 1 heterocycles. The second kappa shape index (κ2) is 5.57. The van der Waals surface area contributed by atoms with E-state index in [0.717, 1.165) is 23.7 Å². The van der Waals surface area contributed by atoms with Crippen LogP contribution in [-0.4, -0.2) is 11.6 Å². The molecule has 80 valence electrons. The predicted molar refractivity (Wildman–Crippen MR) is 68.9 cm³/mol. The van der Waals surface area contributed by atoms with Crippen molar-refractivity contribution in [1.82, 2.24) is 0 Å². The van der Waals surface area contributed by atoms with Crippen LogP contribution in [-0.2, 0) is 5.75 Å². The molecule has 0 spiro atoms. The molecule has 0 unspecified atom stereocenters. The summed E-state index contributed by atoms with van der Waals surface area (Å²) < 4.78 is 0. The molecule has 0 radical (unpaired) electrons. The molecule has 15 heavy (non-hydrogen) atoms. The first-order valence-electron chi connectivity index (χ1n) is 5.25. The summed E-state index contributed by atoms with van der Waals surface area (Å²) in [4.78, 5) is 4.52. The van der Waals surface area contributed by atoms with Crippen LogP contribution >= 0.6 is 23.4 Å². The molecular weight excluding hydrogens is 226 g/mol. The fraction of sp³-hybridized carbons (Fsp3) is 0.417. The number of thioether (sulfide) groups is 1. The van der Waals surface area contributed by atoms with E-state index in [-0.39, 0.29) is 0 Å². The van der Waals surface area contributed by atoms with Gasteiger partial charge in [0, 0.05) is 17.3 Å². The maximum atomic E-state index is 5.83. The van der Waals surface area contributed by atoms with Crippen molar-refractivity contribution >= 4 is 28.4 Å². The molecule has 0 fully saturated rings. The monoisotopic (exact) mass is 239 g/mol. The zero-order chi connectivity index (χ0) is 10.5. The molecule has 0 bridgehead atoms. The van der Waals surface area contributed by atoms with Crippen molar-refractivity contribution in [3.05, 3.63) is 34.9 Å². The van der Waals surface area contributed by atoms with Crippen LogP contribution in [0.15, 0.2) is 29.3 Å². The van der Waals surface area contributed by atoms with Gasteiger partial charge in [0.1, 0.15) is 0 Å². The topological polar surface area (TPSA) is 12.4 Å². The summed E-state index contributed by atoms with van der Waals surface area (Å²) in [7, 11) is 0. The quantitative estimate of drug-likeness (QED) is 0.755. The Balaban J connectivity index is 1.87. The SMILES string of the molecule is Clc1ccc(CSC2=NCCCC2)cc1. The van der Waals surface area contributed by atoms with Crippen molar-refractivity contribution in [2.75, 3.05) is 6.54 Å². The van der Waals surface area contributed by atoms with Gasteiger partial charge in [-0.1, -0.05) is 23.7 Å². The summed E-state index contributed by atoms with van der Waals surface area (Å²) in [6.45, 7) is 1.02. The molecule has 1 aliphatic rings. The Morgan fingerprint density at radius 3 is 2.67 bits per heavy atom. The third-order valence-corrected chi connectivity index (χ3v) is 3.80. The molecule has 1 aromatic rings. The molecule has 1 aliphatic heterocycles. The van der Waals surface area contributed by atoms with Crippen molar-refractivity contribution in [3.63, 3.8) is 0 Å². The molecule has 1 nitrogen and oxygen atoms in total. The smallest absolute Gasteiger partial charge is 0.0679 e. The van der Waals surface area contributed by atoms with Gasteiger partial charge in [-0.3, -0.25) is 4.99 Å². The van der Waals surface area contributed by atoms with E-state index in [0.29, 0.717) is 0 Å². The highest BCUT2D eigenvalue weighted by Gasteiger charge is 2.05. The number of nitrogens with zero attached hydrogens (tertiary/aromatic N) is 1. The van der Waals surface area contributed by atoms with Gasteiger partial charge in [-0.25, -0.2) is 0 Å². The highest BCUT2D eigenvalue weighted by molar-refractivity contribution is 8.13. The molecule has 2 rings (SSSR count). The van der Waals surface area contributed by atoms with Crippen molar-refractivity contribution in [1.29, 1.82) is 0 Å². The van der Waals surface area contributed by atoms with Crippen molar-refractivity contribution in [3.8, 4) is 0 Å². The lowest BCUT2D eigenvalue weighted by atomic mass is 10.2. The van der Waals surface area contributed by atoms with Gasteiger partial charge in [0.15, 0.2) is 0 Å². The summed E-state index contributed by atoms with van der Waals surface area (Å²) in [6.07, 6.45) is 3.72. The van der Waals surface area contributed by atoms with E-state index in [1.54, 1.807) is 0 Å². The van der Waals surface area contributed by atoms with Gasteiger partial charge in [0.2, 0.25) is 0 Å². The Morgan fingerprint density at radius 2 is 2.00 bits per heavy atom. The maximum absolute atomic E-state index is 5.83. The average molecular weight is 240 g/mol. The molecule has 3 heteroatoms. The number of rotatable bonds is 2. The van der Waals surface area contributed by atoms with Crippen molar-refractivity contribution in [2.45, 2.75) is 25.0 Å². The first kappa shape index (κ1) is 11.0. The van der Waals surface area contributed by atoms with Crippen LogP contribution in [0.4, 0.5) is 0 Å². The Bertz CT molecular complexity index is 345. The van der Waals surface area contributed by atoms with Crippen LogP contribution in [0, 0.1) is 0 Å². The molecule has 0 atom stereocenters. The normalized spacial score (nSPS) is 16.2. The van der Waals surface area contributed by atoms with Crippen molar-refractivity contribution in [2.24, 2.45) is 4.99 Å². The molecule has 0 aromatic heterocycles. The van der Waals surface area contributed by atoms with Gasteiger partial charge in [-0.05, 0) is 37.0 Å². The molecule has 0 saturated heterocycles. The highest BCUT2D eigenvalue weighted by Crippen LogP contribution is 2.21. The van der Waals surface area contributed by atoms with E-state index in [9.17, 15) is 0 Å². The lowest BCUT2D eigenvalue weighted by Gasteiger charge is -2.10. The van der Waals surface area contributed by atoms with Crippen LogP contribution in [0.25, 0.3) is 0 Å². The van der Waals surface area contributed by atoms with E-state index in [2.05, 4.69) is 17.1 Å². The van der Waals surface area contributed by atoms with Gasteiger partial charge in [-0.2, -0.15) is 0 Å². The second-order valence-corrected chi connectivity index (χ2v) is 5.13. The predicted octanol–water partition coefficient (Wildman–Crippen LogP) is 4.16. The lowest BCUT2D eigenvalue weighted by molar-refractivity contribution is 0.745. The fourth-order valence-electron chi connectivity index (χ4n) is 1.54. The molecule has 0 saturated carbocycles. The minimum absolute atomic E-state index is 0.804. The van der Waals surface area contributed by atoms with E-state index < -0.39 is 0 Å². The third-order valence-electron chi connectivity index (χ3n) is 2.41. The van der Waals surface area contributed by atoms with Gasteiger partial charge in [0.05, 0.1) is 5.04 Å². The molecule has 1 aromatic carbocycles. The number of benzene rings is 1. The molecule has 0 N–H and O–H groups in total. The zero-order valence-electron chi connectivity index (χ0n) is 8.58. The second-order valence-electron chi connectivity index (χ2n) is 3.65. The molecular formula is C12H14ClNS. The third kappa shape index (κ3) is 3.54. The number of hydrogen-bond acceptors (Lipinski definition) is 2. The van der Waals surface area contributed by atoms with Crippen LogP contribution in [0.3, 0.4) is 0 Å². The fourth-order valence-corrected chi connectivity index (χ4v) is 2.66. The minimum atomic E-state index is 0.804. The summed E-state index contributed by atoms with van der Waals surface area (Å²) >= 11 is 7.69. The Morgan fingerprint density at radius 1 is 1.20 bits per heavy atom. The van der Waals surface area contributed by atoms with E-state index in [1.165, 1.54) is 23.4 Å². The Labute approximate surface area is 99.9 Å². The lowest BCUT2D eigenvalue weighted by Crippen LogP contribution is -2.02. The van der Waals surface area contributed by atoms with Gasteiger partial charge in [-0.15, -0.1) is 11.8 Å². The van der Waals surface area contributed by atoms with Gasteiger partial charge < -0.3 is 0 Å². The Kier molecular flexibility index (Phi) is 4.09. The average Bonchev–Trinajstić information content (AvgIpc) is 2.30. The van der Waals surface area contributed by atoms with Gasteiger partial charge >= 0.3 is 0 Å². The summed E-state index contributed by atoms with van der Waals surface area (Å²) in [6, 6.07) is 8.05. The van der Waals surface area contributed by atoms with E-state index in [1.807, 2.05) is 23.9 Å².